The second kappa shape index (κ2) is 8.26. The Balaban J connectivity index is 1.64. The maximum Gasteiger partial charge on any atom is 0.243 e. The van der Waals surface area contributed by atoms with Crippen molar-refractivity contribution in [3.05, 3.63) is 52.0 Å². The molecule has 2 aromatic carbocycles. The Labute approximate surface area is 181 Å². The Kier molecular flexibility index (Phi) is 5.88. The molecule has 0 saturated carbocycles. The summed E-state index contributed by atoms with van der Waals surface area (Å²) >= 11 is 3.58. The van der Waals surface area contributed by atoms with Crippen molar-refractivity contribution in [3.8, 4) is 5.75 Å². The normalized spacial score (nSPS) is 18.5. The molecule has 2 aliphatic rings. The lowest BCUT2D eigenvalue weighted by atomic mass is 10.0. The summed E-state index contributed by atoms with van der Waals surface area (Å²) in [6.45, 7) is 4.46. The minimum atomic E-state index is -3.59. The standard InChI is InChI=1S/C21H26BrN3O3S/c1-23-10-12-24(13-11-23)20-14-17(6-7-21(20)28-2)29(26,27)25-9-8-18-16(15-25)4-3-5-19(18)22/h3-7,14H,8-13,15H2,1-2H3. The number of fused-ring (bicyclic) bond motifs is 1. The zero-order chi connectivity index (χ0) is 20.6. The Bertz CT molecular complexity index is 1000. The molecule has 2 aromatic rings. The largest absolute Gasteiger partial charge is 0.495 e. The highest BCUT2D eigenvalue weighted by Crippen LogP contribution is 2.34. The lowest BCUT2D eigenvalue weighted by Crippen LogP contribution is -2.44. The van der Waals surface area contributed by atoms with Gasteiger partial charge in [-0.3, -0.25) is 0 Å². The predicted molar refractivity (Wildman–Crippen MR) is 118 cm³/mol. The molecule has 0 N–H and O–H groups in total. The monoisotopic (exact) mass is 479 g/mol. The molecule has 0 aliphatic carbocycles. The van der Waals surface area contributed by atoms with E-state index in [-0.39, 0.29) is 0 Å². The molecule has 2 heterocycles. The van der Waals surface area contributed by atoms with Crippen molar-refractivity contribution in [2.24, 2.45) is 0 Å². The van der Waals surface area contributed by atoms with Crippen molar-refractivity contribution in [2.75, 3.05) is 51.8 Å². The van der Waals surface area contributed by atoms with Gasteiger partial charge in [-0.25, -0.2) is 8.42 Å². The molecule has 6 nitrogen and oxygen atoms in total. The van der Waals surface area contributed by atoms with Crippen molar-refractivity contribution in [1.29, 1.82) is 0 Å². The maximum absolute atomic E-state index is 13.4. The number of hydrogen-bond donors (Lipinski definition) is 0. The van der Waals surface area contributed by atoms with Gasteiger partial charge in [-0.1, -0.05) is 28.1 Å². The van der Waals surface area contributed by atoms with Crippen LogP contribution in [0, 0.1) is 0 Å². The van der Waals surface area contributed by atoms with Crippen molar-refractivity contribution >= 4 is 31.6 Å². The molecule has 1 saturated heterocycles. The van der Waals surface area contributed by atoms with Crippen LogP contribution in [0.2, 0.25) is 0 Å². The van der Waals surface area contributed by atoms with E-state index in [0.29, 0.717) is 30.2 Å². The lowest BCUT2D eigenvalue weighted by Gasteiger charge is -2.35. The zero-order valence-corrected chi connectivity index (χ0v) is 19.2. The molecular weight excluding hydrogens is 454 g/mol. The van der Waals surface area contributed by atoms with Crippen LogP contribution in [0.4, 0.5) is 5.69 Å². The molecule has 0 radical (unpaired) electrons. The molecule has 8 heteroatoms. The van der Waals surface area contributed by atoms with Crippen molar-refractivity contribution < 1.29 is 13.2 Å². The fourth-order valence-electron chi connectivity index (χ4n) is 4.02. The van der Waals surface area contributed by atoms with Gasteiger partial charge in [0.25, 0.3) is 0 Å². The number of methoxy groups -OCH3 is 1. The second-order valence-corrected chi connectivity index (χ2v) is 10.4. The summed E-state index contributed by atoms with van der Waals surface area (Å²) in [5, 5.41) is 0. The first-order chi connectivity index (χ1) is 13.9. The van der Waals surface area contributed by atoms with Crippen LogP contribution >= 0.6 is 15.9 Å². The topological polar surface area (TPSA) is 53.1 Å². The second-order valence-electron chi connectivity index (χ2n) is 7.59. The molecule has 0 bridgehead atoms. The number of nitrogens with zero attached hydrogens (tertiary/aromatic N) is 3. The summed E-state index contributed by atoms with van der Waals surface area (Å²) in [6, 6.07) is 11.2. The first kappa shape index (κ1) is 20.7. The molecule has 2 aliphatic heterocycles. The highest BCUT2D eigenvalue weighted by atomic mass is 79.9. The van der Waals surface area contributed by atoms with Gasteiger partial charge in [0.15, 0.2) is 0 Å². The van der Waals surface area contributed by atoms with E-state index in [1.54, 1.807) is 29.6 Å². The summed E-state index contributed by atoms with van der Waals surface area (Å²) in [6.07, 6.45) is 0.706. The summed E-state index contributed by atoms with van der Waals surface area (Å²) in [7, 11) is 0.138. The fraction of sp³-hybridized carbons (Fsp3) is 0.429. The first-order valence-electron chi connectivity index (χ1n) is 9.78. The van der Waals surface area contributed by atoms with Gasteiger partial charge >= 0.3 is 0 Å². The average Bonchev–Trinajstić information content (AvgIpc) is 2.74. The van der Waals surface area contributed by atoms with Crippen LogP contribution < -0.4 is 9.64 Å². The molecule has 29 heavy (non-hydrogen) atoms. The van der Waals surface area contributed by atoms with Gasteiger partial charge in [-0.2, -0.15) is 4.31 Å². The summed E-state index contributed by atoms with van der Waals surface area (Å²) < 4.78 is 35.0. The molecule has 0 amide bonds. The minimum Gasteiger partial charge on any atom is -0.495 e. The summed E-state index contributed by atoms with van der Waals surface area (Å²) in [5.41, 5.74) is 3.11. The molecule has 1 fully saturated rings. The van der Waals surface area contributed by atoms with Gasteiger partial charge in [0.05, 0.1) is 17.7 Å². The Morgan fingerprint density at radius 1 is 1.03 bits per heavy atom. The van der Waals surface area contributed by atoms with Crippen LogP contribution in [0.3, 0.4) is 0 Å². The van der Waals surface area contributed by atoms with Crippen molar-refractivity contribution in [1.82, 2.24) is 9.21 Å². The molecule has 156 valence electrons. The third kappa shape index (κ3) is 4.03. The number of sulfonamides is 1. The number of likely N-dealkylation sites (N-methyl/N-ethyl adjacent to an activating group) is 1. The number of ether oxygens (including phenoxy) is 1. The van der Waals surface area contributed by atoms with Gasteiger partial charge < -0.3 is 14.5 Å². The Morgan fingerprint density at radius 2 is 1.79 bits per heavy atom. The van der Waals surface area contributed by atoms with Crippen LogP contribution in [-0.4, -0.2) is 64.5 Å². The van der Waals surface area contributed by atoms with E-state index >= 15 is 0 Å². The van der Waals surface area contributed by atoms with E-state index in [2.05, 4.69) is 32.8 Å². The SMILES string of the molecule is COc1ccc(S(=O)(=O)N2CCc3c(Br)cccc3C2)cc1N1CCN(C)CC1. The van der Waals surface area contributed by atoms with Crippen LogP contribution in [-0.2, 0) is 23.0 Å². The Morgan fingerprint density at radius 3 is 2.52 bits per heavy atom. The van der Waals surface area contributed by atoms with Crippen molar-refractivity contribution in [2.45, 2.75) is 17.9 Å². The number of rotatable bonds is 4. The van der Waals surface area contributed by atoms with E-state index in [0.717, 1.165) is 41.9 Å². The third-order valence-corrected chi connectivity index (χ3v) is 8.39. The Hall–Kier alpha value is -1.61. The van der Waals surface area contributed by atoms with Gasteiger partial charge in [0.2, 0.25) is 10.0 Å². The van der Waals surface area contributed by atoms with Crippen LogP contribution in [0.1, 0.15) is 11.1 Å². The van der Waals surface area contributed by atoms with Gasteiger partial charge in [0.1, 0.15) is 5.75 Å². The van der Waals surface area contributed by atoms with E-state index in [9.17, 15) is 8.42 Å². The molecule has 0 unspecified atom stereocenters. The number of piperazine rings is 1. The highest BCUT2D eigenvalue weighted by Gasteiger charge is 2.30. The van der Waals surface area contributed by atoms with Crippen LogP contribution in [0.15, 0.2) is 45.8 Å². The average molecular weight is 480 g/mol. The first-order valence-corrected chi connectivity index (χ1v) is 12.0. The summed E-state index contributed by atoms with van der Waals surface area (Å²) in [5.74, 6) is 0.710. The molecular formula is C21H26BrN3O3S. The van der Waals surface area contributed by atoms with Crippen molar-refractivity contribution in [3.63, 3.8) is 0 Å². The molecule has 0 aromatic heterocycles. The fourth-order valence-corrected chi connectivity index (χ4v) is 6.06. The molecule has 4 rings (SSSR count). The lowest BCUT2D eigenvalue weighted by molar-refractivity contribution is 0.311. The van der Waals surface area contributed by atoms with E-state index in [1.165, 1.54) is 5.56 Å². The zero-order valence-electron chi connectivity index (χ0n) is 16.8. The summed E-state index contributed by atoms with van der Waals surface area (Å²) in [4.78, 5) is 4.80. The quantitative estimate of drug-likeness (QED) is 0.674. The molecule has 0 spiro atoms. The smallest absolute Gasteiger partial charge is 0.243 e. The molecule has 0 atom stereocenters. The maximum atomic E-state index is 13.4. The minimum absolute atomic E-state index is 0.325. The number of benzene rings is 2. The third-order valence-electron chi connectivity index (χ3n) is 5.81. The van der Waals surface area contributed by atoms with E-state index < -0.39 is 10.0 Å². The number of halogens is 1. The van der Waals surface area contributed by atoms with Gasteiger partial charge in [0, 0.05) is 43.7 Å². The van der Waals surface area contributed by atoms with Crippen LogP contribution in [0.5, 0.6) is 5.75 Å². The number of anilines is 1. The van der Waals surface area contributed by atoms with Gasteiger partial charge in [-0.05, 0) is 48.9 Å². The van der Waals surface area contributed by atoms with Gasteiger partial charge in [-0.15, -0.1) is 0 Å². The number of hydrogen-bond acceptors (Lipinski definition) is 5. The predicted octanol–water partition coefficient (Wildman–Crippen LogP) is 2.96. The van der Waals surface area contributed by atoms with E-state index in [4.69, 9.17) is 4.74 Å². The highest BCUT2D eigenvalue weighted by molar-refractivity contribution is 9.10. The van der Waals surface area contributed by atoms with Crippen LogP contribution in [0.25, 0.3) is 0 Å². The van der Waals surface area contributed by atoms with E-state index in [1.807, 2.05) is 18.2 Å².